The molecule has 0 saturated carbocycles. The van der Waals surface area contributed by atoms with Gasteiger partial charge in [0, 0.05) is 25.2 Å². The molecule has 0 N–H and O–H groups in total. The largest absolute Gasteiger partial charge is 0.339 e. The van der Waals surface area contributed by atoms with Gasteiger partial charge in [-0.25, -0.2) is 4.21 Å². The number of fused-ring (bicyclic) bond motifs is 2. The maximum atomic E-state index is 13.2. The number of nitrogens with zero attached hydrogens (tertiary/aromatic N) is 2. The number of carbonyl (C=O) groups is 2. The predicted octanol–water partition coefficient (Wildman–Crippen LogP) is 3.71. The summed E-state index contributed by atoms with van der Waals surface area (Å²) in [5, 5.41) is 0. The van der Waals surface area contributed by atoms with E-state index in [1.807, 2.05) is 11.8 Å². The molecule has 1 saturated heterocycles. The molecule has 2 aromatic rings. The number of carbonyl (C=O) groups excluding carboxylic acids is 2. The number of hydrogen-bond donors (Lipinski definition) is 0. The number of rotatable bonds is 2. The normalized spacial score (nSPS) is 19.8. The number of anilines is 1. The Kier molecular flexibility index (Phi) is 5.06. The van der Waals surface area contributed by atoms with Crippen molar-refractivity contribution in [3.63, 3.8) is 0 Å². The van der Waals surface area contributed by atoms with Crippen molar-refractivity contribution in [1.29, 1.82) is 0 Å². The molecule has 28 heavy (non-hydrogen) atoms. The van der Waals surface area contributed by atoms with Gasteiger partial charge in [0.2, 0.25) is 0 Å². The van der Waals surface area contributed by atoms with Gasteiger partial charge >= 0.3 is 0 Å². The van der Waals surface area contributed by atoms with E-state index in [2.05, 4.69) is 6.92 Å². The highest BCUT2D eigenvalue weighted by atomic mass is 32.2. The zero-order chi connectivity index (χ0) is 19.8. The molecule has 2 aromatic carbocycles. The summed E-state index contributed by atoms with van der Waals surface area (Å²) in [7, 11) is -1.47. The van der Waals surface area contributed by atoms with E-state index in [0.717, 1.165) is 25.9 Å². The SMILES string of the molecule is CCN1C(=O)c2ccccc2[S@](=O)c2ccc(C(=O)N3CCC(C)CC3)cc21. The summed E-state index contributed by atoms with van der Waals surface area (Å²) in [6, 6.07) is 12.2. The van der Waals surface area contributed by atoms with E-state index in [-0.39, 0.29) is 11.8 Å². The lowest BCUT2D eigenvalue weighted by molar-refractivity contribution is 0.0697. The van der Waals surface area contributed by atoms with Crippen LogP contribution in [0.2, 0.25) is 0 Å². The zero-order valence-electron chi connectivity index (χ0n) is 16.2. The Bertz CT molecular complexity index is 964. The molecule has 0 aliphatic carbocycles. The van der Waals surface area contributed by atoms with Crippen LogP contribution in [0, 0.1) is 5.92 Å². The van der Waals surface area contributed by atoms with E-state index >= 15 is 0 Å². The molecule has 1 atom stereocenters. The van der Waals surface area contributed by atoms with Gasteiger partial charge in [-0.15, -0.1) is 0 Å². The van der Waals surface area contributed by atoms with Crippen LogP contribution in [-0.4, -0.2) is 40.6 Å². The van der Waals surface area contributed by atoms with Crippen molar-refractivity contribution in [1.82, 2.24) is 4.90 Å². The minimum Gasteiger partial charge on any atom is -0.339 e. The summed E-state index contributed by atoms with van der Waals surface area (Å²) < 4.78 is 13.2. The molecule has 146 valence electrons. The minimum atomic E-state index is -1.47. The number of hydrogen-bond acceptors (Lipinski definition) is 3. The van der Waals surface area contributed by atoms with Gasteiger partial charge in [-0.1, -0.05) is 19.1 Å². The molecule has 0 spiro atoms. The van der Waals surface area contributed by atoms with Crippen molar-refractivity contribution in [3.8, 4) is 0 Å². The van der Waals surface area contributed by atoms with Gasteiger partial charge in [0.15, 0.2) is 0 Å². The number of likely N-dealkylation sites (tertiary alicyclic amines) is 1. The van der Waals surface area contributed by atoms with Crippen molar-refractivity contribution in [3.05, 3.63) is 53.6 Å². The molecule has 0 unspecified atom stereocenters. The van der Waals surface area contributed by atoms with E-state index < -0.39 is 10.8 Å². The smallest absolute Gasteiger partial charge is 0.259 e. The maximum absolute atomic E-state index is 13.2. The average Bonchev–Trinajstić information content (AvgIpc) is 2.81. The van der Waals surface area contributed by atoms with Crippen molar-refractivity contribution in [2.24, 2.45) is 5.92 Å². The van der Waals surface area contributed by atoms with Crippen LogP contribution < -0.4 is 4.90 Å². The lowest BCUT2D eigenvalue weighted by Crippen LogP contribution is -2.38. The van der Waals surface area contributed by atoms with Crippen LogP contribution in [0.4, 0.5) is 5.69 Å². The molecule has 1 fully saturated rings. The van der Waals surface area contributed by atoms with Crippen LogP contribution in [0.1, 0.15) is 47.4 Å². The summed E-state index contributed by atoms with van der Waals surface area (Å²) >= 11 is 0. The van der Waals surface area contributed by atoms with Gasteiger partial charge in [0.25, 0.3) is 11.8 Å². The van der Waals surface area contributed by atoms with Crippen molar-refractivity contribution in [2.75, 3.05) is 24.5 Å². The molecule has 2 aliphatic heterocycles. The summed E-state index contributed by atoms with van der Waals surface area (Å²) in [6.45, 7) is 6.05. The summed E-state index contributed by atoms with van der Waals surface area (Å²) in [4.78, 5) is 30.7. The Labute approximate surface area is 167 Å². The Hall–Kier alpha value is -2.47. The number of piperidine rings is 1. The summed E-state index contributed by atoms with van der Waals surface area (Å²) in [5.74, 6) is 0.442. The molecule has 2 aliphatic rings. The van der Waals surface area contributed by atoms with Crippen molar-refractivity contribution in [2.45, 2.75) is 36.5 Å². The third kappa shape index (κ3) is 3.15. The third-order valence-electron chi connectivity index (χ3n) is 5.65. The first-order valence-corrected chi connectivity index (χ1v) is 10.9. The highest BCUT2D eigenvalue weighted by Gasteiger charge is 2.31. The van der Waals surface area contributed by atoms with Gasteiger partial charge in [-0.3, -0.25) is 9.59 Å². The second-order valence-corrected chi connectivity index (χ2v) is 8.89. The summed E-state index contributed by atoms with van der Waals surface area (Å²) in [5.41, 5.74) is 1.57. The third-order valence-corrected chi connectivity index (χ3v) is 7.15. The van der Waals surface area contributed by atoms with Crippen LogP contribution in [0.15, 0.2) is 52.3 Å². The molecule has 0 bridgehead atoms. The quantitative estimate of drug-likeness (QED) is 0.778. The lowest BCUT2D eigenvalue weighted by Gasteiger charge is -2.30. The second-order valence-electron chi connectivity index (χ2n) is 7.47. The van der Waals surface area contributed by atoms with Crippen LogP contribution in [-0.2, 0) is 10.8 Å². The average molecular weight is 397 g/mol. The Balaban J connectivity index is 1.76. The van der Waals surface area contributed by atoms with Crippen molar-refractivity contribution >= 4 is 28.3 Å². The topological polar surface area (TPSA) is 57.7 Å². The van der Waals surface area contributed by atoms with Gasteiger partial charge in [0.05, 0.1) is 31.8 Å². The van der Waals surface area contributed by atoms with Crippen LogP contribution in [0.3, 0.4) is 0 Å². The molecule has 2 amide bonds. The minimum absolute atomic E-state index is 0.0225. The molecule has 5 nitrogen and oxygen atoms in total. The first-order chi connectivity index (χ1) is 13.5. The molecule has 4 rings (SSSR count). The van der Waals surface area contributed by atoms with E-state index in [1.54, 1.807) is 47.4 Å². The van der Waals surface area contributed by atoms with Crippen LogP contribution in [0.5, 0.6) is 0 Å². The lowest BCUT2D eigenvalue weighted by atomic mass is 9.98. The van der Waals surface area contributed by atoms with Gasteiger partial charge in [-0.05, 0) is 56.0 Å². The monoisotopic (exact) mass is 396 g/mol. The second kappa shape index (κ2) is 7.51. The fourth-order valence-corrected chi connectivity index (χ4v) is 5.25. The zero-order valence-corrected chi connectivity index (χ0v) is 17.0. The summed E-state index contributed by atoms with van der Waals surface area (Å²) in [6.07, 6.45) is 2.02. The number of amides is 2. The Morgan fingerprint density at radius 3 is 2.54 bits per heavy atom. The van der Waals surface area contributed by atoms with Gasteiger partial charge < -0.3 is 9.80 Å². The predicted molar refractivity (Wildman–Crippen MR) is 109 cm³/mol. The van der Waals surface area contributed by atoms with Crippen molar-refractivity contribution < 1.29 is 13.8 Å². The molecule has 2 heterocycles. The standard InChI is InChI=1S/C22H24N2O3S/c1-3-24-18-14-16(21(25)23-12-10-15(2)11-13-23)8-9-20(18)28(27)19-7-5-4-6-17(19)22(24)26/h4-9,14-15H,3,10-13H2,1-2H3/t28-/m0/s1. The number of benzene rings is 2. The Morgan fingerprint density at radius 2 is 1.82 bits per heavy atom. The molecule has 0 aromatic heterocycles. The molecule has 0 radical (unpaired) electrons. The molecular formula is C22H24N2O3S. The van der Waals surface area contributed by atoms with Crippen LogP contribution >= 0.6 is 0 Å². The van der Waals surface area contributed by atoms with Crippen LogP contribution in [0.25, 0.3) is 0 Å². The Morgan fingerprint density at radius 1 is 1.11 bits per heavy atom. The van der Waals surface area contributed by atoms with E-state index in [0.29, 0.717) is 39.1 Å². The van der Waals surface area contributed by atoms with E-state index in [1.165, 1.54) is 0 Å². The van der Waals surface area contributed by atoms with E-state index in [4.69, 9.17) is 0 Å². The maximum Gasteiger partial charge on any atom is 0.259 e. The van der Waals surface area contributed by atoms with E-state index in [9.17, 15) is 13.8 Å². The highest BCUT2D eigenvalue weighted by molar-refractivity contribution is 7.85. The first kappa shape index (κ1) is 18.9. The fraction of sp³-hybridized carbons (Fsp3) is 0.364. The fourth-order valence-electron chi connectivity index (χ4n) is 3.90. The highest BCUT2D eigenvalue weighted by Crippen LogP contribution is 2.35. The first-order valence-electron chi connectivity index (χ1n) is 9.77. The molecule has 6 heteroatoms. The van der Waals surface area contributed by atoms with Gasteiger partial charge in [-0.2, -0.15) is 0 Å². The van der Waals surface area contributed by atoms with Gasteiger partial charge in [0.1, 0.15) is 0 Å². The molecular weight excluding hydrogens is 372 g/mol.